The zero-order valence-electron chi connectivity index (χ0n) is 18.4. The monoisotopic (exact) mass is 542 g/mol. The lowest BCUT2D eigenvalue weighted by Crippen LogP contribution is -2.41. The van der Waals surface area contributed by atoms with Gasteiger partial charge in [-0.15, -0.1) is 15.3 Å². The molecule has 1 aliphatic heterocycles. The van der Waals surface area contributed by atoms with Gasteiger partial charge in [0.1, 0.15) is 11.4 Å². The summed E-state index contributed by atoms with van der Waals surface area (Å²) in [4.78, 5) is 15.0. The summed E-state index contributed by atoms with van der Waals surface area (Å²) in [6, 6.07) is 2.32. The minimum Gasteiger partial charge on any atom is -0.443 e. The smallest absolute Gasteiger partial charge is 0.414 e. The quantitative estimate of drug-likeness (QED) is 0.565. The average molecular weight is 542 g/mol. The first kappa shape index (κ1) is 22.5. The molecular weight excluding hydrogens is 511 g/mol. The molecule has 4 rings (SSSR count). The number of hydrogen-bond donors (Lipinski definition) is 1. The highest BCUT2D eigenvalue weighted by molar-refractivity contribution is 14.1. The maximum absolute atomic E-state index is 13.3. The van der Waals surface area contributed by atoms with E-state index in [2.05, 4.69) is 38.1 Å². The number of ether oxygens (including phenoxy) is 2. The van der Waals surface area contributed by atoms with Crippen LogP contribution in [0.15, 0.2) is 6.07 Å². The van der Waals surface area contributed by atoms with Gasteiger partial charge in [-0.3, -0.25) is 4.90 Å². The molecule has 1 saturated carbocycles. The summed E-state index contributed by atoms with van der Waals surface area (Å²) >= 11 is 2.12. The Balaban J connectivity index is 1.72. The van der Waals surface area contributed by atoms with Crippen molar-refractivity contribution in [2.24, 2.45) is 5.92 Å². The van der Waals surface area contributed by atoms with Crippen LogP contribution in [-0.4, -0.2) is 57.3 Å². The van der Waals surface area contributed by atoms with Crippen LogP contribution < -0.4 is 10.2 Å². The Morgan fingerprint density at radius 1 is 1.26 bits per heavy atom. The average Bonchev–Trinajstić information content (AvgIpc) is 3.35. The molecule has 0 aromatic carbocycles. The predicted octanol–water partition coefficient (Wildman–Crippen LogP) is 4.25. The van der Waals surface area contributed by atoms with Gasteiger partial charge in [0.25, 0.3) is 0 Å². The van der Waals surface area contributed by atoms with Gasteiger partial charge < -0.3 is 14.8 Å². The number of rotatable bonds is 5. The van der Waals surface area contributed by atoms with E-state index < -0.39 is 5.60 Å². The summed E-state index contributed by atoms with van der Waals surface area (Å²) in [5.74, 6) is 1.07. The van der Waals surface area contributed by atoms with Gasteiger partial charge in [-0.05, 0) is 52.4 Å². The predicted molar refractivity (Wildman–Crippen MR) is 127 cm³/mol. The maximum Gasteiger partial charge on any atom is 0.414 e. The number of carbonyl (C=O) groups excluding carboxylic acids is 1. The first-order valence-corrected chi connectivity index (χ1v) is 12.1. The standard InChI is InChI=1S/C21H31IN6O3/c1-21(2,3)31-20(29)27(13-14-8-10-30-11-9-14)16-12-17(23-15-6-4-5-7-15)26-28-18(16)24-25-19(28)22/h12,14-15H,4-11,13H2,1-3H3,(H,23,26). The molecule has 0 unspecified atom stereocenters. The molecule has 9 nitrogen and oxygen atoms in total. The molecule has 2 aromatic rings. The minimum absolute atomic E-state index is 0.336. The van der Waals surface area contributed by atoms with Crippen molar-refractivity contribution in [3.63, 3.8) is 0 Å². The van der Waals surface area contributed by atoms with E-state index in [1.807, 2.05) is 26.8 Å². The molecule has 170 valence electrons. The molecule has 1 N–H and O–H groups in total. The van der Waals surface area contributed by atoms with Crippen LogP contribution in [0, 0.1) is 9.75 Å². The lowest BCUT2D eigenvalue weighted by molar-refractivity contribution is 0.0515. The number of nitrogens with one attached hydrogen (secondary N) is 1. The van der Waals surface area contributed by atoms with E-state index in [1.165, 1.54) is 12.8 Å². The summed E-state index contributed by atoms with van der Waals surface area (Å²) in [7, 11) is 0. The van der Waals surface area contributed by atoms with E-state index in [-0.39, 0.29) is 6.09 Å². The van der Waals surface area contributed by atoms with Crippen LogP contribution in [-0.2, 0) is 9.47 Å². The first-order valence-electron chi connectivity index (χ1n) is 11.1. The van der Waals surface area contributed by atoms with Gasteiger partial charge in [0, 0.05) is 54.5 Å². The van der Waals surface area contributed by atoms with Gasteiger partial charge in [-0.1, -0.05) is 12.8 Å². The van der Waals surface area contributed by atoms with E-state index >= 15 is 0 Å². The molecule has 1 aliphatic carbocycles. The number of aromatic nitrogens is 4. The lowest BCUT2D eigenvalue weighted by Gasteiger charge is -2.32. The van der Waals surface area contributed by atoms with Crippen molar-refractivity contribution in [1.82, 2.24) is 19.8 Å². The number of fused-ring (bicyclic) bond motifs is 1. The van der Waals surface area contributed by atoms with Crippen molar-refractivity contribution < 1.29 is 14.3 Å². The van der Waals surface area contributed by atoms with E-state index in [1.54, 1.807) is 9.42 Å². The number of hydrogen-bond acceptors (Lipinski definition) is 7. The second kappa shape index (κ2) is 9.43. The van der Waals surface area contributed by atoms with Crippen molar-refractivity contribution in [1.29, 1.82) is 0 Å². The largest absolute Gasteiger partial charge is 0.443 e. The molecule has 2 fully saturated rings. The van der Waals surface area contributed by atoms with Crippen molar-refractivity contribution >= 4 is 45.8 Å². The summed E-state index contributed by atoms with van der Waals surface area (Å²) in [5, 5.41) is 16.8. The number of halogens is 1. The Morgan fingerprint density at radius 3 is 2.65 bits per heavy atom. The van der Waals surface area contributed by atoms with Crippen LogP contribution in [0.2, 0.25) is 0 Å². The fourth-order valence-electron chi connectivity index (χ4n) is 4.16. The molecule has 1 saturated heterocycles. The topological polar surface area (TPSA) is 93.9 Å². The fourth-order valence-corrected chi connectivity index (χ4v) is 4.61. The van der Waals surface area contributed by atoms with E-state index in [0.717, 1.165) is 44.7 Å². The molecule has 0 atom stereocenters. The molecule has 0 spiro atoms. The second-order valence-corrected chi connectivity index (χ2v) is 10.4. The highest BCUT2D eigenvalue weighted by Gasteiger charge is 2.30. The third-order valence-corrected chi connectivity index (χ3v) is 6.38. The van der Waals surface area contributed by atoms with Crippen LogP contribution in [0.1, 0.15) is 59.3 Å². The minimum atomic E-state index is -0.596. The molecule has 1 amide bonds. The molecule has 2 aromatic heterocycles. The van der Waals surface area contributed by atoms with Crippen molar-refractivity contribution in [2.45, 2.75) is 70.9 Å². The molecule has 31 heavy (non-hydrogen) atoms. The highest BCUT2D eigenvalue weighted by Crippen LogP contribution is 2.30. The summed E-state index contributed by atoms with van der Waals surface area (Å²) in [5.41, 5.74) is 0.632. The van der Waals surface area contributed by atoms with Gasteiger partial charge in [0.15, 0.2) is 0 Å². The van der Waals surface area contributed by atoms with Crippen LogP contribution in [0.5, 0.6) is 0 Å². The Kier molecular flexibility index (Phi) is 6.85. The van der Waals surface area contributed by atoms with E-state index in [9.17, 15) is 4.79 Å². The van der Waals surface area contributed by atoms with Gasteiger partial charge in [0.2, 0.25) is 9.48 Å². The molecular formula is C21H31IN6O3. The van der Waals surface area contributed by atoms with Gasteiger partial charge in [-0.2, -0.15) is 4.52 Å². The number of amides is 1. The second-order valence-electron chi connectivity index (χ2n) is 9.39. The number of anilines is 2. The first-order chi connectivity index (χ1) is 14.8. The Bertz CT molecular complexity index is 916. The maximum atomic E-state index is 13.3. The van der Waals surface area contributed by atoms with Crippen LogP contribution in [0.25, 0.3) is 5.65 Å². The fraction of sp³-hybridized carbons (Fsp3) is 0.714. The Labute approximate surface area is 196 Å². The number of nitrogens with zero attached hydrogens (tertiary/aromatic N) is 5. The normalized spacial score (nSPS) is 18.5. The molecule has 3 heterocycles. The van der Waals surface area contributed by atoms with Crippen molar-refractivity contribution in [3.8, 4) is 0 Å². The zero-order valence-corrected chi connectivity index (χ0v) is 20.6. The molecule has 10 heteroatoms. The van der Waals surface area contributed by atoms with Gasteiger partial charge in [-0.25, -0.2) is 4.79 Å². The van der Waals surface area contributed by atoms with E-state index in [4.69, 9.17) is 14.6 Å². The van der Waals surface area contributed by atoms with Crippen molar-refractivity contribution in [2.75, 3.05) is 30.0 Å². The van der Waals surface area contributed by atoms with Crippen LogP contribution in [0.4, 0.5) is 16.3 Å². The summed E-state index contributed by atoms with van der Waals surface area (Å²) in [6.07, 6.45) is 6.17. The molecule has 0 radical (unpaired) electrons. The van der Waals surface area contributed by atoms with E-state index in [0.29, 0.717) is 33.7 Å². The molecule has 0 bridgehead atoms. The lowest BCUT2D eigenvalue weighted by atomic mass is 9.99. The third kappa shape index (κ3) is 5.57. The summed E-state index contributed by atoms with van der Waals surface area (Å²) in [6.45, 7) is 7.63. The highest BCUT2D eigenvalue weighted by atomic mass is 127. The van der Waals surface area contributed by atoms with Gasteiger partial charge >= 0.3 is 6.09 Å². The molecule has 2 aliphatic rings. The summed E-state index contributed by atoms with van der Waals surface area (Å²) < 4.78 is 13.6. The zero-order chi connectivity index (χ0) is 22.0. The van der Waals surface area contributed by atoms with Crippen molar-refractivity contribution in [3.05, 3.63) is 9.90 Å². The van der Waals surface area contributed by atoms with Crippen LogP contribution >= 0.6 is 22.6 Å². The Morgan fingerprint density at radius 2 is 1.97 bits per heavy atom. The van der Waals surface area contributed by atoms with Crippen LogP contribution in [0.3, 0.4) is 0 Å². The SMILES string of the molecule is CC(C)(C)OC(=O)N(CC1CCOCC1)c1cc(NC2CCCC2)nn2c(I)nnc12. The third-order valence-electron chi connectivity index (χ3n) is 5.71. The Hall–Kier alpha value is -1.69. The van der Waals surface area contributed by atoms with Gasteiger partial charge in [0.05, 0.1) is 5.69 Å². The number of carbonyl (C=O) groups is 1.